The summed E-state index contributed by atoms with van der Waals surface area (Å²) in [7, 11) is 3.29. The van der Waals surface area contributed by atoms with Crippen molar-refractivity contribution in [3.63, 3.8) is 0 Å². The molecule has 0 unspecified atom stereocenters. The Morgan fingerprint density at radius 2 is 1.36 bits per heavy atom. The van der Waals surface area contributed by atoms with E-state index in [1.807, 2.05) is 135 Å². The number of primary amides is 1. The van der Waals surface area contributed by atoms with Gasteiger partial charge in [-0.15, -0.1) is 0 Å². The van der Waals surface area contributed by atoms with Gasteiger partial charge in [-0.2, -0.15) is 0 Å². The first-order valence-electron chi connectivity index (χ1n) is 29.6. The molecule has 0 saturated carbocycles. The molecular weight excluding hydrogens is 1100 g/mol. The molecule has 7 amide bonds. The average molecular weight is 1190 g/mol. The van der Waals surface area contributed by atoms with Gasteiger partial charge in [0, 0.05) is 73.9 Å². The minimum Gasteiger partial charge on any atom is -0.478 e. The Morgan fingerprint density at radius 3 is 1.97 bits per heavy atom. The zero-order valence-electron chi connectivity index (χ0n) is 52.4. The van der Waals surface area contributed by atoms with E-state index in [4.69, 9.17) is 10.5 Å². The summed E-state index contributed by atoms with van der Waals surface area (Å²) in [6.45, 7) is 18.9. The second-order valence-electron chi connectivity index (χ2n) is 24.7. The number of para-hydroxylation sites is 1. The minimum absolute atomic E-state index is 0.0517. The van der Waals surface area contributed by atoms with Gasteiger partial charge in [0.05, 0.1) is 30.4 Å². The van der Waals surface area contributed by atoms with Gasteiger partial charge in [0.2, 0.25) is 23.6 Å². The van der Waals surface area contributed by atoms with Gasteiger partial charge in [-0.25, -0.2) is 14.4 Å². The lowest BCUT2D eigenvalue weighted by atomic mass is 9.76. The van der Waals surface area contributed by atoms with Gasteiger partial charge >= 0.3 is 18.1 Å². The zero-order valence-corrected chi connectivity index (χ0v) is 52.4. The number of carbonyl (C=O) groups excluding carboxylic acids is 8. The number of hydrogen-bond donors (Lipinski definition) is 7. The van der Waals surface area contributed by atoms with Crippen LogP contribution in [0.2, 0.25) is 0 Å². The number of nitrogens with one attached hydrogen (secondary N) is 5. The van der Waals surface area contributed by atoms with Crippen LogP contribution in [0.3, 0.4) is 0 Å². The van der Waals surface area contributed by atoms with Crippen LogP contribution in [0.1, 0.15) is 140 Å². The van der Waals surface area contributed by atoms with Gasteiger partial charge in [0.15, 0.2) is 5.78 Å². The predicted octanol–water partition coefficient (Wildman–Crippen LogP) is 8.03. The van der Waals surface area contributed by atoms with Crippen molar-refractivity contribution in [3.05, 3.63) is 148 Å². The number of Topliss-reactive ketones (excluding diaryl/α,β-unsaturated/α-hetero) is 2. The topological polar surface area (TPSA) is 276 Å². The van der Waals surface area contributed by atoms with E-state index in [9.17, 15) is 48.3 Å². The molecule has 1 heterocycles. The monoisotopic (exact) mass is 1190 g/mol. The number of alkyl carbamates (subject to hydrolysis) is 1. The Kier molecular flexibility index (Phi) is 25.2. The number of carbonyl (C=O) groups is 9. The Labute approximate surface area is 512 Å². The van der Waals surface area contributed by atoms with Crippen molar-refractivity contribution in [2.45, 2.75) is 157 Å². The van der Waals surface area contributed by atoms with Crippen molar-refractivity contribution in [1.82, 2.24) is 31.5 Å². The number of ketones is 2. The predicted molar refractivity (Wildman–Crippen MR) is 335 cm³/mol. The second kappa shape index (κ2) is 31.7. The maximum atomic E-state index is 14.1. The van der Waals surface area contributed by atoms with Crippen molar-refractivity contribution in [2.24, 2.45) is 28.9 Å². The van der Waals surface area contributed by atoms with Crippen LogP contribution >= 0.6 is 0 Å². The number of hydrogen-bond acceptors (Lipinski definition) is 11. The van der Waals surface area contributed by atoms with Crippen LogP contribution in [0.25, 0.3) is 0 Å². The summed E-state index contributed by atoms with van der Waals surface area (Å²) in [6, 6.07) is 25.5. The Balaban J connectivity index is 1.14. The van der Waals surface area contributed by atoms with Crippen LogP contribution in [-0.4, -0.2) is 108 Å². The Bertz CT molecular complexity index is 3210. The zero-order chi connectivity index (χ0) is 64.3. The fourth-order valence-corrected chi connectivity index (χ4v) is 10.5. The lowest BCUT2D eigenvalue weighted by molar-refractivity contribution is -0.141. The molecule has 466 valence electrons. The molecule has 5 atom stereocenters. The van der Waals surface area contributed by atoms with Crippen LogP contribution in [0, 0.1) is 35.0 Å². The number of aliphatic carboxylic acids is 1. The van der Waals surface area contributed by atoms with E-state index >= 15 is 0 Å². The summed E-state index contributed by atoms with van der Waals surface area (Å²) in [5, 5.41) is 23.9. The second-order valence-corrected chi connectivity index (χ2v) is 24.7. The number of amides is 7. The highest BCUT2D eigenvalue weighted by Crippen LogP contribution is 2.31. The Hall–Kier alpha value is -8.63. The van der Waals surface area contributed by atoms with Crippen LogP contribution in [0.5, 0.6) is 0 Å². The van der Waals surface area contributed by atoms with E-state index in [0.29, 0.717) is 28.8 Å². The number of likely N-dealkylation sites (N-methyl/N-ethyl adjacent to an activating group) is 2. The molecule has 0 bridgehead atoms. The maximum Gasteiger partial charge on any atom is 0.407 e. The molecule has 4 aromatic rings. The van der Waals surface area contributed by atoms with Gasteiger partial charge in [-0.3, -0.25) is 28.8 Å². The first-order valence-corrected chi connectivity index (χ1v) is 29.6. The molecule has 8 N–H and O–H groups in total. The lowest BCUT2D eigenvalue weighted by Gasteiger charge is -2.40. The molecule has 1 aliphatic heterocycles. The van der Waals surface area contributed by atoms with E-state index in [1.165, 1.54) is 11.8 Å². The highest BCUT2D eigenvalue weighted by Gasteiger charge is 2.42. The third-order valence-corrected chi connectivity index (χ3v) is 15.9. The number of carboxylic acids is 1. The van der Waals surface area contributed by atoms with E-state index in [-0.39, 0.29) is 99.1 Å². The summed E-state index contributed by atoms with van der Waals surface area (Å²) in [6.07, 6.45) is 1.05. The molecule has 0 radical (unpaired) electrons. The lowest BCUT2D eigenvalue weighted by Crippen LogP contribution is -2.61. The number of anilines is 1. The van der Waals surface area contributed by atoms with Crippen molar-refractivity contribution in [2.75, 3.05) is 25.5 Å². The Morgan fingerprint density at radius 1 is 0.747 bits per heavy atom. The van der Waals surface area contributed by atoms with Gasteiger partial charge in [0.25, 0.3) is 0 Å². The number of nitrogens with zero attached hydrogens (tertiary/aromatic N) is 2. The largest absolute Gasteiger partial charge is 0.478 e. The van der Waals surface area contributed by atoms with Gasteiger partial charge in [0.1, 0.15) is 18.4 Å². The molecule has 0 saturated heterocycles. The fourth-order valence-electron chi connectivity index (χ4n) is 10.5. The highest BCUT2D eigenvalue weighted by molar-refractivity contribution is 5.98. The third kappa shape index (κ3) is 20.0. The van der Waals surface area contributed by atoms with E-state index in [0.717, 1.165) is 22.3 Å². The fraction of sp³-hybridized carbons (Fsp3) is 0.456. The quantitative estimate of drug-likeness (QED) is 0.0155. The standard InChI is InChI=1S/C68H88N8O11/c1-42(2)53(38-52(77)33-34-58(79)76-40-50-20-14-13-18-48(50)29-30-49-19-15-16-22-55(49)76)61(80)73-54(21-17-35-71-65(69)85)57(78)37-45-23-25-47(26-24-45)41-87-66(86)72-39-46-27-31-51(32-28-46)68(9,10)59(70-11)62(81)74-60(67(6,7)8)63(82)75(12)56(43(3)4)36-44(5)64(83)84/h13-16,18-20,22-28,31-32,36,42-43,53-54,56,59-60,70H,17,21,33-35,37-41H2,1-12H3,(H,72,86)(H,73,80)(H,74,81)(H,83,84)(H3,69,71,85)/b44-36+/t53-,54-,56+,59-,60+/m0/s1. The molecule has 4 aromatic carbocycles. The molecular formula is C68H88N8O11. The smallest absolute Gasteiger partial charge is 0.407 e. The maximum absolute atomic E-state index is 14.1. The normalized spacial score (nSPS) is 14.0. The summed E-state index contributed by atoms with van der Waals surface area (Å²) in [5.74, 6) is 2.10. The van der Waals surface area contributed by atoms with Crippen LogP contribution in [0.4, 0.5) is 15.3 Å². The van der Waals surface area contributed by atoms with Crippen molar-refractivity contribution >= 4 is 59.0 Å². The number of ether oxygens (including phenoxy) is 1. The summed E-state index contributed by atoms with van der Waals surface area (Å²) in [4.78, 5) is 123. The van der Waals surface area contributed by atoms with Crippen molar-refractivity contribution < 1.29 is 53.0 Å². The SMILES string of the molecule is CN[C@@H](C(=O)N[C@H](C(=O)N(C)[C@H](/C=C(\C)C(=O)O)C(C)C)C(C)(C)C)C(C)(C)c1ccc(CNC(=O)OCc2ccc(CC(=O)[C@H](CCCNC(N)=O)NC(=O)[C@@H](CC(=O)CCC(=O)N3Cc4ccccc4C#Cc4ccccc43)C(C)C)cc2)cc1. The van der Waals surface area contributed by atoms with E-state index in [2.05, 4.69) is 38.4 Å². The number of urea groups is 1. The summed E-state index contributed by atoms with van der Waals surface area (Å²) < 4.78 is 5.51. The molecule has 19 nitrogen and oxygen atoms in total. The van der Waals surface area contributed by atoms with Gasteiger partial charge in [-0.05, 0) is 90.1 Å². The van der Waals surface area contributed by atoms with Gasteiger partial charge in [-0.1, -0.05) is 159 Å². The number of fused-ring (bicyclic) bond motifs is 2. The highest BCUT2D eigenvalue weighted by atomic mass is 16.5. The molecule has 1 aliphatic rings. The number of nitrogens with two attached hydrogens (primary N) is 1. The van der Waals surface area contributed by atoms with Gasteiger partial charge < -0.3 is 52.0 Å². The first-order chi connectivity index (χ1) is 41.0. The molecule has 0 fully saturated rings. The van der Waals surface area contributed by atoms with Crippen LogP contribution in [-0.2, 0) is 69.8 Å². The molecule has 0 aliphatic carbocycles. The summed E-state index contributed by atoms with van der Waals surface area (Å²) in [5.41, 5.74) is 9.85. The third-order valence-electron chi connectivity index (χ3n) is 15.9. The molecule has 19 heteroatoms. The van der Waals surface area contributed by atoms with Crippen LogP contribution < -0.4 is 37.2 Å². The molecule has 0 spiro atoms. The van der Waals surface area contributed by atoms with E-state index in [1.54, 1.807) is 49.3 Å². The molecule has 87 heavy (non-hydrogen) atoms. The molecule has 0 aromatic heterocycles. The van der Waals surface area contributed by atoms with Crippen LogP contribution in [0.15, 0.2) is 109 Å². The average Bonchev–Trinajstić information content (AvgIpc) is 2.26. The van der Waals surface area contributed by atoms with Crippen molar-refractivity contribution in [3.8, 4) is 11.8 Å². The van der Waals surface area contributed by atoms with Crippen molar-refractivity contribution in [1.29, 1.82) is 0 Å². The minimum atomic E-state index is -1.08. The number of benzene rings is 4. The molecule has 5 rings (SSSR count). The summed E-state index contributed by atoms with van der Waals surface area (Å²) >= 11 is 0. The number of rotatable bonds is 29. The number of carboxylic acid groups (broad SMARTS) is 1. The van der Waals surface area contributed by atoms with E-state index < -0.39 is 70.8 Å². The first kappa shape index (κ1) is 69.1.